The number of hydrogen-bond donors (Lipinski definition) is 1. The summed E-state index contributed by atoms with van der Waals surface area (Å²) in [5.41, 5.74) is 1.09. The lowest BCUT2D eigenvalue weighted by Crippen LogP contribution is -2.33. The van der Waals surface area contributed by atoms with Crippen LogP contribution in [0.1, 0.15) is 30.1 Å². The molecule has 0 aromatic heterocycles. The van der Waals surface area contributed by atoms with Crippen molar-refractivity contribution < 1.29 is 14.6 Å². The lowest BCUT2D eigenvalue weighted by atomic mass is 10.1. The fourth-order valence-electron chi connectivity index (χ4n) is 2.39. The second-order valence-corrected chi connectivity index (χ2v) is 5.56. The molecule has 1 aromatic carbocycles. The molecule has 1 aromatic rings. The average molecular weight is 328 g/mol. The fraction of sp³-hybridized carbons (Fsp3) is 0.500. The van der Waals surface area contributed by atoms with Crippen LogP contribution >= 0.6 is 15.9 Å². The van der Waals surface area contributed by atoms with Gasteiger partial charge in [0.05, 0.1) is 17.4 Å². The van der Waals surface area contributed by atoms with E-state index in [-0.39, 0.29) is 6.10 Å². The first-order valence-corrected chi connectivity index (χ1v) is 7.30. The van der Waals surface area contributed by atoms with Crippen LogP contribution in [0.25, 0.3) is 0 Å². The molecule has 4 nitrogen and oxygen atoms in total. The second kappa shape index (κ2) is 6.39. The zero-order valence-electron chi connectivity index (χ0n) is 10.9. The fourth-order valence-corrected chi connectivity index (χ4v) is 2.75. The molecule has 0 spiro atoms. The van der Waals surface area contributed by atoms with Crippen molar-refractivity contribution >= 4 is 27.6 Å². The van der Waals surface area contributed by atoms with E-state index in [1.165, 1.54) is 0 Å². The summed E-state index contributed by atoms with van der Waals surface area (Å²) >= 11 is 3.32. The van der Waals surface area contributed by atoms with E-state index in [1.807, 2.05) is 19.1 Å². The van der Waals surface area contributed by atoms with Gasteiger partial charge in [-0.1, -0.05) is 15.9 Å². The number of rotatable bonds is 5. The van der Waals surface area contributed by atoms with Gasteiger partial charge in [-0.25, -0.2) is 4.79 Å². The maximum Gasteiger partial charge on any atom is 0.337 e. The Morgan fingerprint density at radius 2 is 2.37 bits per heavy atom. The van der Waals surface area contributed by atoms with Crippen LogP contribution in [0.15, 0.2) is 22.7 Å². The van der Waals surface area contributed by atoms with Crippen LogP contribution in [0.4, 0.5) is 5.69 Å². The van der Waals surface area contributed by atoms with Crippen molar-refractivity contribution in [2.75, 3.05) is 24.6 Å². The van der Waals surface area contributed by atoms with E-state index in [0.717, 1.165) is 42.7 Å². The number of nitrogens with zero attached hydrogens (tertiary/aromatic N) is 1. The number of benzene rings is 1. The Morgan fingerprint density at radius 3 is 2.95 bits per heavy atom. The lowest BCUT2D eigenvalue weighted by Gasteiger charge is -2.27. The van der Waals surface area contributed by atoms with Crippen LogP contribution in [-0.2, 0) is 4.74 Å². The molecule has 0 saturated carbocycles. The van der Waals surface area contributed by atoms with Gasteiger partial charge in [0.25, 0.3) is 0 Å². The van der Waals surface area contributed by atoms with Crippen molar-refractivity contribution in [1.82, 2.24) is 0 Å². The minimum absolute atomic E-state index is 0.213. The van der Waals surface area contributed by atoms with Crippen molar-refractivity contribution in [3.63, 3.8) is 0 Å². The smallest absolute Gasteiger partial charge is 0.337 e. The van der Waals surface area contributed by atoms with Crippen LogP contribution in [0.5, 0.6) is 0 Å². The van der Waals surface area contributed by atoms with Crippen LogP contribution < -0.4 is 4.90 Å². The van der Waals surface area contributed by atoms with Gasteiger partial charge in [-0.05, 0) is 38.0 Å². The summed E-state index contributed by atoms with van der Waals surface area (Å²) in [5.74, 6) is -0.901. The highest BCUT2D eigenvalue weighted by Gasteiger charge is 2.21. The number of carbonyl (C=O) groups is 1. The molecule has 1 atom stereocenters. The number of aromatic carboxylic acids is 1. The van der Waals surface area contributed by atoms with E-state index in [2.05, 4.69) is 20.8 Å². The van der Waals surface area contributed by atoms with Crippen molar-refractivity contribution in [1.29, 1.82) is 0 Å². The molecule has 1 aliphatic heterocycles. The number of ether oxygens (including phenoxy) is 1. The van der Waals surface area contributed by atoms with Gasteiger partial charge in [-0.15, -0.1) is 0 Å². The van der Waals surface area contributed by atoms with Gasteiger partial charge < -0.3 is 14.7 Å². The predicted molar refractivity (Wildman–Crippen MR) is 78.0 cm³/mol. The van der Waals surface area contributed by atoms with E-state index in [9.17, 15) is 9.90 Å². The van der Waals surface area contributed by atoms with E-state index in [4.69, 9.17) is 4.74 Å². The summed E-state index contributed by atoms with van der Waals surface area (Å²) in [6.45, 7) is 4.36. The maximum atomic E-state index is 11.4. The molecular weight excluding hydrogens is 310 g/mol. The van der Waals surface area contributed by atoms with Gasteiger partial charge >= 0.3 is 5.97 Å². The summed E-state index contributed by atoms with van der Waals surface area (Å²) in [6.07, 6.45) is 2.36. The number of hydrogen-bond acceptors (Lipinski definition) is 3. The minimum Gasteiger partial charge on any atom is -0.478 e. The largest absolute Gasteiger partial charge is 0.478 e. The Balaban J connectivity index is 2.23. The van der Waals surface area contributed by atoms with E-state index in [0.29, 0.717) is 5.56 Å². The molecule has 1 heterocycles. The van der Waals surface area contributed by atoms with Gasteiger partial charge in [-0.3, -0.25) is 0 Å². The molecule has 1 aliphatic rings. The van der Waals surface area contributed by atoms with Crippen molar-refractivity contribution in [3.05, 3.63) is 28.2 Å². The quantitative estimate of drug-likeness (QED) is 0.902. The number of halogens is 1. The molecule has 2 rings (SSSR count). The third kappa shape index (κ3) is 3.48. The third-order valence-corrected chi connectivity index (χ3v) is 3.85. The number of anilines is 1. The predicted octanol–water partition coefficient (Wildman–Crippen LogP) is 3.15. The van der Waals surface area contributed by atoms with Crippen molar-refractivity contribution in [3.8, 4) is 0 Å². The zero-order valence-corrected chi connectivity index (χ0v) is 12.5. The molecule has 1 N–H and O–H groups in total. The monoisotopic (exact) mass is 327 g/mol. The minimum atomic E-state index is -0.901. The molecule has 1 fully saturated rings. The Hall–Kier alpha value is -1.07. The van der Waals surface area contributed by atoms with Gasteiger partial charge in [0.15, 0.2) is 0 Å². The number of likely N-dealkylation sites (N-methyl/N-ethyl adjacent to an activating group) is 1. The highest BCUT2D eigenvalue weighted by Crippen LogP contribution is 2.26. The first-order valence-electron chi connectivity index (χ1n) is 6.51. The van der Waals surface area contributed by atoms with Crippen molar-refractivity contribution in [2.24, 2.45) is 0 Å². The highest BCUT2D eigenvalue weighted by molar-refractivity contribution is 9.10. The van der Waals surface area contributed by atoms with Crippen LogP contribution in [0.3, 0.4) is 0 Å². The maximum absolute atomic E-state index is 11.4. The van der Waals surface area contributed by atoms with Gasteiger partial charge in [0, 0.05) is 24.2 Å². The normalized spacial score (nSPS) is 18.5. The third-order valence-electron chi connectivity index (χ3n) is 3.36. The highest BCUT2D eigenvalue weighted by atomic mass is 79.9. The van der Waals surface area contributed by atoms with E-state index >= 15 is 0 Å². The second-order valence-electron chi connectivity index (χ2n) is 4.64. The summed E-state index contributed by atoms with van der Waals surface area (Å²) in [6, 6.07) is 5.38. The van der Waals surface area contributed by atoms with Crippen LogP contribution in [-0.4, -0.2) is 36.9 Å². The molecular formula is C14H18BrNO3. The van der Waals surface area contributed by atoms with Gasteiger partial charge in [-0.2, -0.15) is 0 Å². The molecule has 0 radical (unpaired) electrons. The molecule has 1 unspecified atom stereocenters. The number of carboxylic acid groups (broad SMARTS) is 1. The first kappa shape index (κ1) is 14.3. The SMILES string of the molecule is CCN(CC1CCCO1)c1ccc(Br)cc1C(=O)O. The molecule has 0 aliphatic carbocycles. The van der Waals surface area contributed by atoms with E-state index in [1.54, 1.807) is 6.07 Å². The topological polar surface area (TPSA) is 49.8 Å². The molecule has 19 heavy (non-hydrogen) atoms. The van der Waals surface area contributed by atoms with Crippen LogP contribution in [0.2, 0.25) is 0 Å². The molecule has 104 valence electrons. The first-order chi connectivity index (χ1) is 9.11. The summed E-state index contributed by atoms with van der Waals surface area (Å²) in [5, 5.41) is 9.32. The Labute approximate surface area is 121 Å². The molecule has 5 heteroatoms. The zero-order chi connectivity index (χ0) is 13.8. The summed E-state index contributed by atoms with van der Waals surface area (Å²) in [7, 11) is 0. The average Bonchev–Trinajstić information content (AvgIpc) is 2.89. The Kier molecular flexibility index (Phi) is 4.82. The standard InChI is InChI=1S/C14H18BrNO3/c1-2-16(9-11-4-3-7-19-11)13-6-5-10(15)8-12(13)14(17)18/h5-6,8,11H,2-4,7,9H2,1H3,(H,17,18). The van der Waals surface area contributed by atoms with E-state index < -0.39 is 5.97 Å². The molecule has 0 amide bonds. The Bertz CT molecular complexity index is 458. The summed E-state index contributed by atoms with van der Waals surface area (Å²) < 4.78 is 6.41. The van der Waals surface area contributed by atoms with Gasteiger partial charge in [0.2, 0.25) is 0 Å². The summed E-state index contributed by atoms with van der Waals surface area (Å²) in [4.78, 5) is 13.4. The van der Waals surface area contributed by atoms with Gasteiger partial charge in [0.1, 0.15) is 0 Å². The Morgan fingerprint density at radius 1 is 1.58 bits per heavy atom. The van der Waals surface area contributed by atoms with Crippen LogP contribution in [0, 0.1) is 0 Å². The molecule has 1 saturated heterocycles. The molecule has 0 bridgehead atoms. The number of carboxylic acids is 1. The van der Waals surface area contributed by atoms with Crippen molar-refractivity contribution in [2.45, 2.75) is 25.9 Å². The lowest BCUT2D eigenvalue weighted by molar-refractivity contribution is 0.0697.